The molecule has 3 heteroatoms. The van der Waals surface area contributed by atoms with Crippen LogP contribution in [0.1, 0.15) is 39.5 Å². The van der Waals surface area contributed by atoms with Crippen LogP contribution in [-0.2, 0) is 12.6 Å². The maximum atomic E-state index is 4.78. The summed E-state index contributed by atoms with van der Waals surface area (Å²) in [6.07, 6.45) is 5.09. The quantitative estimate of drug-likeness (QED) is 0.528. The van der Waals surface area contributed by atoms with Crippen molar-refractivity contribution in [1.29, 1.82) is 0 Å². The van der Waals surface area contributed by atoms with Crippen LogP contribution in [0.25, 0.3) is 0 Å². The SMILES string of the molecule is CCCCC(CC)CNC(=S)[S-]. The van der Waals surface area contributed by atoms with Gasteiger partial charge in [-0.3, -0.25) is 0 Å². The minimum atomic E-state index is 0.505. The summed E-state index contributed by atoms with van der Waals surface area (Å²) in [5.41, 5.74) is 0. The largest absolute Gasteiger partial charge is 0.412 e. The normalized spacial score (nSPS) is 12.5. The molecule has 0 rings (SSSR count). The van der Waals surface area contributed by atoms with Crippen molar-refractivity contribution in [3.05, 3.63) is 0 Å². The Hall–Kier alpha value is 0.110. The molecule has 0 spiro atoms. The fraction of sp³-hybridized carbons (Fsp3) is 0.889. The third kappa shape index (κ3) is 6.80. The Kier molecular flexibility index (Phi) is 7.81. The third-order valence-electron chi connectivity index (χ3n) is 2.08. The summed E-state index contributed by atoms with van der Waals surface area (Å²) in [5.74, 6) is 0.742. The topological polar surface area (TPSA) is 12.0 Å². The van der Waals surface area contributed by atoms with Gasteiger partial charge in [0.1, 0.15) is 0 Å². The Morgan fingerprint density at radius 3 is 2.58 bits per heavy atom. The first-order valence-corrected chi connectivity index (χ1v) is 5.47. The van der Waals surface area contributed by atoms with E-state index < -0.39 is 0 Å². The number of thiocarbonyl (C=S) groups is 1. The molecule has 0 heterocycles. The van der Waals surface area contributed by atoms with E-state index in [1.165, 1.54) is 25.7 Å². The van der Waals surface area contributed by atoms with Crippen molar-refractivity contribution in [3.63, 3.8) is 0 Å². The monoisotopic (exact) mass is 204 g/mol. The summed E-state index contributed by atoms with van der Waals surface area (Å²) in [7, 11) is 0. The first-order valence-electron chi connectivity index (χ1n) is 4.65. The van der Waals surface area contributed by atoms with Gasteiger partial charge in [0, 0.05) is 6.54 Å². The highest BCUT2D eigenvalue weighted by atomic mass is 32.1. The van der Waals surface area contributed by atoms with Gasteiger partial charge in [-0.2, -0.15) is 0 Å². The summed E-state index contributed by atoms with van der Waals surface area (Å²) in [6, 6.07) is 0. The van der Waals surface area contributed by atoms with E-state index in [-0.39, 0.29) is 0 Å². The molecule has 0 saturated heterocycles. The first kappa shape index (κ1) is 12.1. The van der Waals surface area contributed by atoms with Crippen LogP contribution in [0, 0.1) is 5.92 Å². The molecule has 0 radical (unpaired) electrons. The van der Waals surface area contributed by atoms with Gasteiger partial charge in [-0.15, -0.1) is 0 Å². The lowest BCUT2D eigenvalue weighted by atomic mass is 10.00. The fourth-order valence-electron chi connectivity index (χ4n) is 1.17. The lowest BCUT2D eigenvalue weighted by molar-refractivity contribution is 0.447. The maximum Gasteiger partial charge on any atom is 0.0160 e. The summed E-state index contributed by atoms with van der Waals surface area (Å²) in [5, 5.41) is 3.05. The van der Waals surface area contributed by atoms with Crippen LogP contribution in [-0.4, -0.2) is 10.9 Å². The van der Waals surface area contributed by atoms with E-state index in [2.05, 4.69) is 19.2 Å². The third-order valence-corrected chi connectivity index (χ3v) is 2.37. The molecule has 0 aliphatic heterocycles. The van der Waals surface area contributed by atoms with E-state index in [1.807, 2.05) is 0 Å². The molecule has 1 unspecified atom stereocenters. The minimum Gasteiger partial charge on any atom is -0.412 e. The van der Waals surface area contributed by atoms with E-state index in [0.29, 0.717) is 4.32 Å². The molecule has 0 aliphatic rings. The van der Waals surface area contributed by atoms with Crippen molar-refractivity contribution < 1.29 is 0 Å². The smallest absolute Gasteiger partial charge is 0.0160 e. The van der Waals surface area contributed by atoms with E-state index in [9.17, 15) is 0 Å². The highest BCUT2D eigenvalue weighted by Gasteiger charge is 2.03. The Bertz CT molecular complexity index is 126. The average Bonchev–Trinajstić information content (AvgIpc) is 2.05. The molecule has 0 saturated carbocycles. The number of nitrogens with one attached hydrogen (secondary N) is 1. The van der Waals surface area contributed by atoms with Crippen molar-refractivity contribution in [3.8, 4) is 0 Å². The van der Waals surface area contributed by atoms with Crippen molar-refractivity contribution in [2.45, 2.75) is 39.5 Å². The van der Waals surface area contributed by atoms with E-state index in [1.54, 1.807) is 0 Å². The second-order valence-corrected chi connectivity index (χ2v) is 4.16. The summed E-state index contributed by atoms with van der Waals surface area (Å²) >= 11 is 9.56. The zero-order valence-electron chi connectivity index (χ0n) is 7.93. The van der Waals surface area contributed by atoms with Gasteiger partial charge in [-0.05, 0) is 12.3 Å². The van der Waals surface area contributed by atoms with Crippen LogP contribution >= 0.6 is 12.2 Å². The van der Waals surface area contributed by atoms with Gasteiger partial charge in [0.25, 0.3) is 0 Å². The van der Waals surface area contributed by atoms with Crippen LogP contribution in [0.2, 0.25) is 0 Å². The van der Waals surface area contributed by atoms with Crippen LogP contribution in [0.15, 0.2) is 0 Å². The van der Waals surface area contributed by atoms with E-state index in [4.69, 9.17) is 24.8 Å². The zero-order valence-corrected chi connectivity index (χ0v) is 9.56. The van der Waals surface area contributed by atoms with Gasteiger partial charge in [0.2, 0.25) is 0 Å². The molecule has 0 fully saturated rings. The highest BCUT2D eigenvalue weighted by molar-refractivity contribution is 8.00. The Labute approximate surface area is 86.7 Å². The van der Waals surface area contributed by atoms with Crippen molar-refractivity contribution >= 4 is 29.2 Å². The van der Waals surface area contributed by atoms with Crippen LogP contribution < -0.4 is 5.32 Å². The number of hydrogen-bond donors (Lipinski definition) is 1. The number of unbranched alkanes of at least 4 members (excludes halogenated alkanes) is 1. The summed E-state index contributed by atoms with van der Waals surface area (Å²) in [6.45, 7) is 5.39. The van der Waals surface area contributed by atoms with Gasteiger partial charge in [-0.25, -0.2) is 0 Å². The minimum absolute atomic E-state index is 0.505. The predicted molar refractivity (Wildman–Crippen MR) is 61.3 cm³/mol. The van der Waals surface area contributed by atoms with Gasteiger partial charge in [-0.1, -0.05) is 37.4 Å². The summed E-state index contributed by atoms with van der Waals surface area (Å²) in [4.78, 5) is 0. The van der Waals surface area contributed by atoms with Crippen LogP contribution in [0.5, 0.6) is 0 Å². The highest BCUT2D eigenvalue weighted by Crippen LogP contribution is 2.10. The molecule has 1 atom stereocenters. The standard InChI is InChI=1S/C9H19NS2/c1-3-5-6-8(4-2)7-10-9(11)12/h8H,3-7H2,1-2H3,(H2,10,11,12)/p-1. The average molecular weight is 204 g/mol. The number of rotatable bonds is 6. The fourth-order valence-corrected chi connectivity index (χ4v) is 1.34. The van der Waals surface area contributed by atoms with E-state index in [0.717, 1.165) is 12.5 Å². The first-order chi connectivity index (χ1) is 5.70. The second-order valence-electron chi connectivity index (χ2n) is 3.08. The zero-order chi connectivity index (χ0) is 9.40. The Morgan fingerprint density at radius 2 is 2.17 bits per heavy atom. The van der Waals surface area contributed by atoms with Gasteiger partial charge < -0.3 is 30.2 Å². The molecule has 0 aromatic carbocycles. The van der Waals surface area contributed by atoms with Crippen molar-refractivity contribution in [1.82, 2.24) is 5.32 Å². The van der Waals surface area contributed by atoms with Crippen LogP contribution in [0.3, 0.4) is 0 Å². The molecule has 0 amide bonds. The molecule has 0 bridgehead atoms. The molecule has 72 valence electrons. The number of hydrogen-bond acceptors (Lipinski definition) is 2. The Morgan fingerprint density at radius 1 is 1.50 bits per heavy atom. The molecule has 0 aliphatic carbocycles. The van der Waals surface area contributed by atoms with Gasteiger partial charge >= 0.3 is 0 Å². The molecule has 0 aromatic rings. The van der Waals surface area contributed by atoms with Crippen molar-refractivity contribution in [2.75, 3.05) is 6.54 Å². The molecule has 12 heavy (non-hydrogen) atoms. The summed E-state index contributed by atoms with van der Waals surface area (Å²) < 4.78 is 0.505. The van der Waals surface area contributed by atoms with Gasteiger partial charge in [0.05, 0.1) is 0 Å². The molecule has 1 N–H and O–H groups in total. The molecule has 0 aromatic heterocycles. The second kappa shape index (κ2) is 7.74. The van der Waals surface area contributed by atoms with E-state index >= 15 is 0 Å². The lowest BCUT2D eigenvalue weighted by Crippen LogP contribution is -2.26. The Balaban J connectivity index is 3.45. The van der Waals surface area contributed by atoms with Crippen molar-refractivity contribution in [2.24, 2.45) is 5.92 Å². The molecular weight excluding hydrogens is 186 g/mol. The van der Waals surface area contributed by atoms with Crippen LogP contribution in [0.4, 0.5) is 0 Å². The lowest BCUT2D eigenvalue weighted by Gasteiger charge is -2.17. The molecule has 1 nitrogen and oxygen atoms in total. The molecular formula is C9H18NS2-. The maximum absolute atomic E-state index is 4.78. The van der Waals surface area contributed by atoms with Gasteiger partial charge in [0.15, 0.2) is 0 Å². The predicted octanol–water partition coefficient (Wildman–Crippen LogP) is 2.62.